The summed E-state index contributed by atoms with van der Waals surface area (Å²) in [6.07, 6.45) is 3.23. The van der Waals surface area contributed by atoms with Crippen molar-refractivity contribution in [1.82, 2.24) is 4.90 Å². The standard InChI is InChI=1S/C15H19NO/c17-12-4-1-5-14-6-8-15(9-7-14)13-16-10-2-3-11-16/h6-9,17H,2-4,10-13H2. The number of nitrogens with zero attached hydrogens (tertiary/aromatic N) is 1. The van der Waals surface area contributed by atoms with Crippen molar-refractivity contribution in [2.24, 2.45) is 0 Å². The van der Waals surface area contributed by atoms with Crippen LogP contribution in [-0.4, -0.2) is 29.7 Å². The van der Waals surface area contributed by atoms with Crippen LogP contribution in [0.1, 0.15) is 30.4 Å². The fraction of sp³-hybridized carbons (Fsp3) is 0.467. The lowest BCUT2D eigenvalue weighted by Gasteiger charge is -2.14. The minimum absolute atomic E-state index is 0.139. The number of likely N-dealkylation sites (tertiary alicyclic amines) is 1. The third kappa shape index (κ3) is 3.89. The average molecular weight is 229 g/mol. The van der Waals surface area contributed by atoms with Gasteiger partial charge in [-0.15, -0.1) is 0 Å². The van der Waals surface area contributed by atoms with Crippen molar-refractivity contribution in [3.05, 3.63) is 35.4 Å². The molecular weight excluding hydrogens is 210 g/mol. The van der Waals surface area contributed by atoms with Gasteiger partial charge in [-0.05, 0) is 43.6 Å². The fourth-order valence-electron chi connectivity index (χ4n) is 2.11. The van der Waals surface area contributed by atoms with Crippen LogP contribution < -0.4 is 0 Å². The molecular formula is C15H19NO. The molecule has 1 N–H and O–H groups in total. The Kier molecular flexibility index (Phi) is 4.61. The van der Waals surface area contributed by atoms with Gasteiger partial charge in [-0.1, -0.05) is 24.0 Å². The molecule has 17 heavy (non-hydrogen) atoms. The van der Waals surface area contributed by atoms with Crippen LogP contribution >= 0.6 is 0 Å². The molecule has 0 atom stereocenters. The van der Waals surface area contributed by atoms with Gasteiger partial charge in [-0.25, -0.2) is 0 Å². The first-order valence-electron chi connectivity index (χ1n) is 6.29. The average Bonchev–Trinajstić information content (AvgIpc) is 2.85. The van der Waals surface area contributed by atoms with Crippen molar-refractivity contribution in [3.63, 3.8) is 0 Å². The Labute approximate surface area is 103 Å². The van der Waals surface area contributed by atoms with Gasteiger partial charge in [0.1, 0.15) is 0 Å². The third-order valence-electron chi connectivity index (χ3n) is 3.03. The first-order valence-corrected chi connectivity index (χ1v) is 6.29. The van der Waals surface area contributed by atoms with Crippen LogP contribution in [0.3, 0.4) is 0 Å². The maximum Gasteiger partial charge on any atom is 0.0540 e. The van der Waals surface area contributed by atoms with Crippen molar-refractivity contribution in [2.45, 2.75) is 25.8 Å². The summed E-state index contributed by atoms with van der Waals surface area (Å²) in [6, 6.07) is 8.44. The Bertz CT molecular complexity index is 393. The number of hydrogen-bond donors (Lipinski definition) is 1. The molecule has 1 fully saturated rings. The van der Waals surface area contributed by atoms with Crippen LogP contribution in [-0.2, 0) is 6.54 Å². The maximum atomic E-state index is 8.64. The van der Waals surface area contributed by atoms with Crippen molar-refractivity contribution in [2.75, 3.05) is 19.7 Å². The number of rotatable bonds is 3. The van der Waals surface area contributed by atoms with Gasteiger partial charge in [-0.2, -0.15) is 0 Å². The van der Waals surface area contributed by atoms with Gasteiger partial charge < -0.3 is 5.11 Å². The van der Waals surface area contributed by atoms with Gasteiger partial charge in [0.2, 0.25) is 0 Å². The first kappa shape index (κ1) is 12.2. The van der Waals surface area contributed by atoms with Gasteiger partial charge in [-0.3, -0.25) is 4.90 Å². The second-order valence-electron chi connectivity index (χ2n) is 4.46. The maximum absolute atomic E-state index is 8.64. The molecule has 1 aromatic rings. The lowest BCUT2D eigenvalue weighted by Crippen LogP contribution is -2.18. The van der Waals surface area contributed by atoms with Crippen molar-refractivity contribution >= 4 is 0 Å². The summed E-state index contributed by atoms with van der Waals surface area (Å²) in [5.74, 6) is 5.98. The van der Waals surface area contributed by atoms with Crippen LogP contribution in [0, 0.1) is 11.8 Å². The summed E-state index contributed by atoms with van der Waals surface area (Å²) in [5, 5.41) is 8.64. The van der Waals surface area contributed by atoms with Crippen LogP contribution in [0.15, 0.2) is 24.3 Å². The molecule has 1 aliphatic rings. The summed E-state index contributed by atoms with van der Waals surface area (Å²) in [7, 11) is 0. The number of aliphatic hydroxyl groups excluding tert-OH is 1. The topological polar surface area (TPSA) is 23.5 Å². The fourth-order valence-corrected chi connectivity index (χ4v) is 2.11. The summed E-state index contributed by atoms with van der Waals surface area (Å²) in [5.41, 5.74) is 2.39. The number of hydrogen-bond acceptors (Lipinski definition) is 2. The van der Waals surface area contributed by atoms with E-state index in [0.717, 1.165) is 12.1 Å². The zero-order valence-corrected chi connectivity index (χ0v) is 10.2. The highest BCUT2D eigenvalue weighted by molar-refractivity contribution is 5.36. The third-order valence-corrected chi connectivity index (χ3v) is 3.03. The van der Waals surface area contributed by atoms with Gasteiger partial charge >= 0.3 is 0 Å². The van der Waals surface area contributed by atoms with E-state index < -0.39 is 0 Å². The smallest absolute Gasteiger partial charge is 0.0540 e. The minimum atomic E-state index is 0.139. The lowest BCUT2D eigenvalue weighted by atomic mass is 10.1. The molecule has 0 bridgehead atoms. The Morgan fingerprint density at radius 2 is 1.82 bits per heavy atom. The molecule has 0 spiro atoms. The highest BCUT2D eigenvalue weighted by Gasteiger charge is 2.11. The summed E-state index contributed by atoms with van der Waals surface area (Å²) >= 11 is 0. The summed E-state index contributed by atoms with van der Waals surface area (Å²) in [4.78, 5) is 2.49. The summed E-state index contributed by atoms with van der Waals surface area (Å²) in [6.45, 7) is 3.67. The monoisotopic (exact) mass is 229 g/mol. The minimum Gasteiger partial charge on any atom is -0.395 e. The Morgan fingerprint density at radius 1 is 1.12 bits per heavy atom. The molecule has 1 aliphatic heterocycles. The quantitative estimate of drug-likeness (QED) is 0.802. The van der Waals surface area contributed by atoms with Crippen LogP contribution in [0.25, 0.3) is 0 Å². The zero-order chi connectivity index (χ0) is 11.9. The van der Waals surface area contributed by atoms with Gasteiger partial charge in [0.05, 0.1) is 6.61 Å². The molecule has 1 aromatic carbocycles. The first-order chi connectivity index (χ1) is 8.38. The molecule has 0 aromatic heterocycles. The molecule has 0 unspecified atom stereocenters. The molecule has 0 saturated carbocycles. The Balaban J connectivity index is 1.91. The van der Waals surface area contributed by atoms with Crippen LogP contribution in [0.5, 0.6) is 0 Å². The molecule has 1 saturated heterocycles. The van der Waals surface area contributed by atoms with E-state index in [1.807, 2.05) is 0 Å². The van der Waals surface area contributed by atoms with Crippen LogP contribution in [0.4, 0.5) is 0 Å². The molecule has 0 aliphatic carbocycles. The van der Waals surface area contributed by atoms with Crippen molar-refractivity contribution in [3.8, 4) is 11.8 Å². The van der Waals surface area contributed by atoms with Gasteiger partial charge in [0.15, 0.2) is 0 Å². The molecule has 0 radical (unpaired) electrons. The molecule has 0 amide bonds. The molecule has 1 heterocycles. The highest BCUT2D eigenvalue weighted by Crippen LogP contribution is 2.13. The second-order valence-corrected chi connectivity index (χ2v) is 4.46. The Morgan fingerprint density at radius 3 is 2.47 bits per heavy atom. The molecule has 2 nitrogen and oxygen atoms in total. The molecule has 2 rings (SSSR count). The van der Waals surface area contributed by atoms with E-state index in [4.69, 9.17) is 5.11 Å². The zero-order valence-electron chi connectivity index (χ0n) is 10.2. The van der Waals surface area contributed by atoms with E-state index in [-0.39, 0.29) is 6.61 Å². The predicted molar refractivity (Wildman–Crippen MR) is 69.5 cm³/mol. The van der Waals surface area contributed by atoms with E-state index in [1.54, 1.807) is 0 Å². The van der Waals surface area contributed by atoms with E-state index in [2.05, 4.69) is 41.0 Å². The highest BCUT2D eigenvalue weighted by atomic mass is 16.2. The van der Waals surface area contributed by atoms with E-state index >= 15 is 0 Å². The van der Waals surface area contributed by atoms with Crippen molar-refractivity contribution in [1.29, 1.82) is 0 Å². The normalized spacial score (nSPS) is 15.6. The van der Waals surface area contributed by atoms with Gasteiger partial charge in [0.25, 0.3) is 0 Å². The number of aliphatic hydroxyl groups is 1. The molecule has 2 heteroatoms. The van der Waals surface area contributed by atoms with Crippen molar-refractivity contribution < 1.29 is 5.11 Å². The van der Waals surface area contributed by atoms with E-state index in [0.29, 0.717) is 6.42 Å². The second kappa shape index (κ2) is 6.44. The predicted octanol–water partition coefficient (Wildman–Crippen LogP) is 2.02. The SMILES string of the molecule is OCCC#Cc1ccc(CN2CCCC2)cc1. The van der Waals surface area contributed by atoms with E-state index in [9.17, 15) is 0 Å². The Hall–Kier alpha value is -1.30. The summed E-state index contributed by atoms with van der Waals surface area (Å²) < 4.78 is 0. The number of benzene rings is 1. The lowest BCUT2D eigenvalue weighted by molar-refractivity contribution is 0.305. The van der Waals surface area contributed by atoms with Gasteiger partial charge in [0, 0.05) is 18.5 Å². The molecule has 90 valence electrons. The van der Waals surface area contributed by atoms with E-state index in [1.165, 1.54) is 31.5 Å². The largest absolute Gasteiger partial charge is 0.395 e. The van der Waals surface area contributed by atoms with Crippen LogP contribution in [0.2, 0.25) is 0 Å².